The lowest BCUT2D eigenvalue weighted by Crippen LogP contribution is -2.42. The normalized spacial score (nSPS) is 18.7. The van der Waals surface area contributed by atoms with Crippen molar-refractivity contribution >= 4 is 11.9 Å². The third-order valence-electron chi connectivity index (χ3n) is 3.44. The smallest absolute Gasteiger partial charge is 0.410 e. The maximum Gasteiger partial charge on any atom is 0.410 e. The minimum absolute atomic E-state index is 0.169. The molecule has 0 aromatic carbocycles. The van der Waals surface area contributed by atoms with Crippen molar-refractivity contribution in [3.63, 3.8) is 0 Å². The number of amides is 1. The largest absolute Gasteiger partial charge is 0.444 e. The van der Waals surface area contributed by atoms with Crippen molar-refractivity contribution in [2.45, 2.75) is 52.2 Å². The molecule has 0 bridgehead atoms. The third-order valence-corrected chi connectivity index (χ3v) is 3.44. The van der Waals surface area contributed by atoms with Gasteiger partial charge in [0.2, 0.25) is 0 Å². The molecule has 0 spiro atoms. The van der Waals surface area contributed by atoms with Gasteiger partial charge in [0.15, 0.2) is 0 Å². The maximum atomic E-state index is 12.2. The molecule has 0 saturated carbocycles. The molecular weight excluding hydrogens is 266 g/mol. The Morgan fingerprint density at radius 3 is 2.86 bits per heavy atom. The highest BCUT2D eigenvalue weighted by molar-refractivity contribution is 5.69. The fourth-order valence-corrected chi connectivity index (χ4v) is 2.40. The van der Waals surface area contributed by atoms with Crippen LogP contribution >= 0.6 is 0 Å². The number of rotatable bonds is 3. The van der Waals surface area contributed by atoms with Crippen LogP contribution in [0, 0.1) is 6.92 Å². The molecule has 0 radical (unpaired) electrons. The lowest BCUT2D eigenvalue weighted by molar-refractivity contribution is 0.0235. The predicted octanol–water partition coefficient (Wildman–Crippen LogP) is 3.20. The molecule has 116 valence electrons. The zero-order chi connectivity index (χ0) is 15.5. The second-order valence-electron chi connectivity index (χ2n) is 6.57. The summed E-state index contributed by atoms with van der Waals surface area (Å²) in [4.78, 5) is 18.3. The summed E-state index contributed by atoms with van der Waals surface area (Å²) < 4.78 is 5.46. The number of aryl methyl sites for hydroxylation is 1. The molecule has 5 heteroatoms. The summed E-state index contributed by atoms with van der Waals surface area (Å²) in [5.74, 6) is 0.844. The Bertz CT molecular complexity index is 479. The van der Waals surface area contributed by atoms with Gasteiger partial charge in [-0.25, -0.2) is 9.78 Å². The van der Waals surface area contributed by atoms with E-state index in [2.05, 4.69) is 10.3 Å². The Morgan fingerprint density at radius 1 is 1.48 bits per heavy atom. The van der Waals surface area contributed by atoms with Crippen LogP contribution in [0.1, 0.15) is 39.2 Å². The van der Waals surface area contributed by atoms with E-state index in [0.717, 1.165) is 30.8 Å². The van der Waals surface area contributed by atoms with E-state index in [1.54, 1.807) is 0 Å². The molecule has 5 nitrogen and oxygen atoms in total. The number of nitrogens with zero attached hydrogens (tertiary/aromatic N) is 2. The van der Waals surface area contributed by atoms with Gasteiger partial charge >= 0.3 is 6.09 Å². The maximum absolute atomic E-state index is 12.2. The standard InChI is InChI=1S/C16H25N3O2/c1-12-7-8-14(17-10-12)18-11-13-6-5-9-19(13)15(20)21-16(2,3)4/h7-8,10,13H,5-6,9,11H2,1-4H3,(H,17,18)/t13-/m1/s1. The first-order valence-electron chi connectivity index (χ1n) is 7.51. The number of ether oxygens (including phenoxy) is 1. The van der Waals surface area contributed by atoms with E-state index in [4.69, 9.17) is 4.74 Å². The van der Waals surface area contributed by atoms with E-state index < -0.39 is 5.60 Å². The Balaban J connectivity index is 1.90. The molecule has 1 aromatic heterocycles. The molecule has 2 heterocycles. The molecule has 1 N–H and O–H groups in total. The van der Waals surface area contributed by atoms with Crippen LogP contribution in [0.25, 0.3) is 0 Å². The summed E-state index contributed by atoms with van der Waals surface area (Å²) in [6.45, 7) is 9.16. The highest BCUT2D eigenvalue weighted by atomic mass is 16.6. The number of anilines is 1. The van der Waals surface area contributed by atoms with Gasteiger partial charge < -0.3 is 15.0 Å². The molecule has 0 unspecified atom stereocenters. The Kier molecular flexibility index (Phi) is 4.70. The van der Waals surface area contributed by atoms with E-state index in [1.165, 1.54) is 0 Å². The molecule has 1 amide bonds. The fraction of sp³-hybridized carbons (Fsp3) is 0.625. The molecule has 1 saturated heterocycles. The Morgan fingerprint density at radius 2 is 2.24 bits per heavy atom. The van der Waals surface area contributed by atoms with Crippen molar-refractivity contribution in [3.8, 4) is 0 Å². The second kappa shape index (κ2) is 6.33. The van der Waals surface area contributed by atoms with Gasteiger partial charge in [0.1, 0.15) is 11.4 Å². The average Bonchev–Trinajstić information content (AvgIpc) is 2.84. The summed E-state index contributed by atoms with van der Waals surface area (Å²) in [6, 6.07) is 4.15. The summed E-state index contributed by atoms with van der Waals surface area (Å²) in [7, 11) is 0. The van der Waals surface area contributed by atoms with Crippen molar-refractivity contribution in [2.75, 3.05) is 18.4 Å². The van der Waals surface area contributed by atoms with Gasteiger partial charge in [-0.15, -0.1) is 0 Å². The first-order valence-corrected chi connectivity index (χ1v) is 7.51. The monoisotopic (exact) mass is 291 g/mol. The van der Waals surface area contributed by atoms with Crippen molar-refractivity contribution in [2.24, 2.45) is 0 Å². The van der Waals surface area contributed by atoms with Crippen LogP contribution in [0.5, 0.6) is 0 Å². The zero-order valence-electron chi connectivity index (χ0n) is 13.3. The lowest BCUT2D eigenvalue weighted by Gasteiger charge is -2.28. The predicted molar refractivity (Wildman–Crippen MR) is 83.4 cm³/mol. The first-order chi connectivity index (χ1) is 9.85. The number of carbonyl (C=O) groups excluding carboxylic acids is 1. The number of nitrogens with one attached hydrogen (secondary N) is 1. The van der Waals surface area contributed by atoms with E-state index in [9.17, 15) is 4.79 Å². The minimum atomic E-state index is -0.448. The third kappa shape index (κ3) is 4.62. The molecule has 1 aromatic rings. The number of carbonyl (C=O) groups is 1. The molecule has 2 rings (SSSR count). The van der Waals surface area contributed by atoms with Gasteiger partial charge in [0.25, 0.3) is 0 Å². The van der Waals surface area contributed by atoms with Crippen LogP contribution in [-0.2, 0) is 4.74 Å². The van der Waals surface area contributed by atoms with E-state index in [1.807, 2.05) is 50.9 Å². The average molecular weight is 291 g/mol. The molecular formula is C16H25N3O2. The highest BCUT2D eigenvalue weighted by Crippen LogP contribution is 2.21. The number of hydrogen-bond donors (Lipinski definition) is 1. The van der Waals surface area contributed by atoms with Crippen LogP contribution in [0.2, 0.25) is 0 Å². The van der Waals surface area contributed by atoms with E-state index >= 15 is 0 Å². The SMILES string of the molecule is Cc1ccc(NC[C@H]2CCCN2C(=O)OC(C)(C)C)nc1. The van der Waals surface area contributed by atoms with E-state index in [0.29, 0.717) is 6.54 Å². The molecule has 1 fully saturated rings. The van der Waals surface area contributed by atoms with Crippen molar-refractivity contribution < 1.29 is 9.53 Å². The molecule has 1 aliphatic heterocycles. The number of likely N-dealkylation sites (tertiary alicyclic amines) is 1. The summed E-state index contributed by atoms with van der Waals surface area (Å²) in [6.07, 6.45) is 3.64. The van der Waals surface area contributed by atoms with Gasteiger partial charge in [-0.05, 0) is 52.2 Å². The van der Waals surface area contributed by atoms with Crippen LogP contribution < -0.4 is 5.32 Å². The van der Waals surface area contributed by atoms with Gasteiger partial charge in [-0.1, -0.05) is 6.07 Å². The number of aromatic nitrogens is 1. The number of pyridine rings is 1. The van der Waals surface area contributed by atoms with Crippen molar-refractivity contribution in [1.29, 1.82) is 0 Å². The summed E-state index contributed by atoms with van der Waals surface area (Å²) in [5, 5.41) is 3.30. The molecule has 1 atom stereocenters. The van der Waals surface area contributed by atoms with Gasteiger partial charge in [-0.3, -0.25) is 0 Å². The van der Waals surface area contributed by atoms with Gasteiger partial charge in [0.05, 0.1) is 6.04 Å². The van der Waals surface area contributed by atoms with Crippen LogP contribution in [0.15, 0.2) is 18.3 Å². The van der Waals surface area contributed by atoms with E-state index in [-0.39, 0.29) is 12.1 Å². The highest BCUT2D eigenvalue weighted by Gasteiger charge is 2.31. The molecule has 0 aliphatic carbocycles. The Hall–Kier alpha value is -1.78. The van der Waals surface area contributed by atoms with Gasteiger partial charge in [-0.2, -0.15) is 0 Å². The van der Waals surface area contributed by atoms with Crippen LogP contribution in [0.3, 0.4) is 0 Å². The zero-order valence-corrected chi connectivity index (χ0v) is 13.3. The van der Waals surface area contributed by atoms with Crippen molar-refractivity contribution in [3.05, 3.63) is 23.9 Å². The minimum Gasteiger partial charge on any atom is -0.444 e. The van der Waals surface area contributed by atoms with Gasteiger partial charge in [0, 0.05) is 19.3 Å². The molecule has 1 aliphatic rings. The fourth-order valence-electron chi connectivity index (χ4n) is 2.40. The summed E-state index contributed by atoms with van der Waals surface area (Å²) >= 11 is 0. The van der Waals surface area contributed by atoms with Crippen molar-refractivity contribution in [1.82, 2.24) is 9.88 Å². The topological polar surface area (TPSA) is 54.5 Å². The van der Waals surface area contributed by atoms with Crippen LogP contribution in [-0.4, -0.2) is 40.7 Å². The van der Waals surface area contributed by atoms with Crippen LogP contribution in [0.4, 0.5) is 10.6 Å². The Labute approximate surface area is 126 Å². The quantitative estimate of drug-likeness (QED) is 0.929. The first kappa shape index (κ1) is 15.6. The number of hydrogen-bond acceptors (Lipinski definition) is 4. The second-order valence-corrected chi connectivity index (χ2v) is 6.57. The molecule has 21 heavy (non-hydrogen) atoms. The lowest BCUT2D eigenvalue weighted by atomic mass is 10.2. The summed E-state index contributed by atoms with van der Waals surface area (Å²) in [5.41, 5.74) is 0.688.